The van der Waals surface area contributed by atoms with Crippen molar-refractivity contribution in [3.05, 3.63) is 98.4 Å². The molecule has 0 unspecified atom stereocenters. The van der Waals surface area contributed by atoms with Gasteiger partial charge in [-0.05, 0) is 81.1 Å². The zero-order valence-corrected chi connectivity index (χ0v) is 21.3. The van der Waals surface area contributed by atoms with Crippen LogP contribution in [0.3, 0.4) is 0 Å². The van der Waals surface area contributed by atoms with E-state index in [1.807, 2.05) is 48.5 Å². The highest BCUT2D eigenvalue weighted by atomic mass is 79.9. The van der Waals surface area contributed by atoms with Crippen molar-refractivity contribution in [3.63, 3.8) is 0 Å². The highest BCUT2D eigenvalue weighted by Gasteiger charge is 2.34. The van der Waals surface area contributed by atoms with Crippen molar-refractivity contribution >= 4 is 44.9 Å². The number of methoxy groups -OCH3 is 1. The summed E-state index contributed by atoms with van der Waals surface area (Å²) in [6.45, 7) is 0.626. The molecule has 0 N–H and O–H groups in total. The second-order valence-electron chi connectivity index (χ2n) is 7.70. The number of rotatable bonds is 8. The van der Waals surface area contributed by atoms with Crippen molar-refractivity contribution in [3.8, 4) is 17.6 Å². The summed E-state index contributed by atoms with van der Waals surface area (Å²) in [5.41, 5.74) is 3.27. The smallest absolute Gasteiger partial charge is 0.293 e. The molecular weight excluding hydrogens is 528 g/mol. The van der Waals surface area contributed by atoms with Gasteiger partial charge in [-0.25, -0.2) is 0 Å². The van der Waals surface area contributed by atoms with E-state index < -0.39 is 0 Å². The Kier molecular flexibility index (Phi) is 7.91. The molecule has 0 aliphatic carbocycles. The van der Waals surface area contributed by atoms with Gasteiger partial charge in [0, 0.05) is 6.54 Å². The molecule has 4 rings (SSSR count). The number of benzene rings is 3. The van der Waals surface area contributed by atoms with Gasteiger partial charge in [-0.15, -0.1) is 0 Å². The standard InChI is InChI=1S/C27H21BrN2O4S/c1-33-23-14-21(13-22(28)25(23)34-17-20-9-7-19(16-29)8-10-20)15-24-26(31)30(27(32)35-24)12-11-18-5-3-2-4-6-18/h2-10,13-15H,11-12,17H2,1H3/b24-15+. The second kappa shape index (κ2) is 11.3. The van der Waals surface area contributed by atoms with Crippen molar-refractivity contribution in [2.45, 2.75) is 13.0 Å². The molecule has 2 amide bonds. The average molecular weight is 549 g/mol. The fraction of sp³-hybridized carbons (Fsp3) is 0.148. The lowest BCUT2D eigenvalue weighted by Crippen LogP contribution is -2.30. The number of nitrogens with zero attached hydrogens (tertiary/aromatic N) is 2. The van der Waals surface area contributed by atoms with Crippen LogP contribution < -0.4 is 9.47 Å². The van der Waals surface area contributed by atoms with Crippen LogP contribution >= 0.6 is 27.7 Å². The first-order valence-electron chi connectivity index (χ1n) is 10.8. The predicted octanol–water partition coefficient (Wildman–Crippen LogP) is 6.19. The Balaban J connectivity index is 1.48. The number of thioether (sulfide) groups is 1. The summed E-state index contributed by atoms with van der Waals surface area (Å²) in [7, 11) is 1.54. The molecule has 35 heavy (non-hydrogen) atoms. The lowest BCUT2D eigenvalue weighted by Gasteiger charge is -2.14. The number of nitriles is 1. The first-order valence-corrected chi connectivity index (χ1v) is 12.4. The molecule has 0 atom stereocenters. The minimum absolute atomic E-state index is 0.273. The van der Waals surface area contributed by atoms with Crippen LogP contribution in [0.25, 0.3) is 6.08 Å². The molecule has 6 nitrogen and oxygen atoms in total. The molecule has 0 aromatic heterocycles. The lowest BCUT2D eigenvalue weighted by molar-refractivity contribution is -0.122. The monoisotopic (exact) mass is 548 g/mol. The van der Waals surface area contributed by atoms with Gasteiger partial charge >= 0.3 is 0 Å². The van der Waals surface area contributed by atoms with E-state index >= 15 is 0 Å². The van der Waals surface area contributed by atoms with Crippen molar-refractivity contribution in [2.24, 2.45) is 0 Å². The molecule has 0 bridgehead atoms. The third kappa shape index (κ3) is 5.94. The van der Waals surface area contributed by atoms with E-state index in [-0.39, 0.29) is 11.1 Å². The van der Waals surface area contributed by atoms with E-state index in [2.05, 4.69) is 22.0 Å². The lowest BCUT2D eigenvalue weighted by atomic mass is 10.1. The summed E-state index contributed by atoms with van der Waals surface area (Å²) in [4.78, 5) is 27.0. The number of amides is 2. The molecule has 3 aromatic rings. The van der Waals surface area contributed by atoms with Gasteiger partial charge in [-0.1, -0.05) is 42.5 Å². The maximum atomic E-state index is 12.9. The number of imide groups is 1. The normalized spacial score (nSPS) is 14.3. The number of hydrogen-bond acceptors (Lipinski definition) is 6. The molecule has 0 radical (unpaired) electrons. The number of ether oxygens (including phenoxy) is 2. The molecule has 1 fully saturated rings. The van der Waals surface area contributed by atoms with E-state index in [4.69, 9.17) is 14.7 Å². The maximum absolute atomic E-state index is 12.9. The first kappa shape index (κ1) is 24.6. The molecule has 1 heterocycles. The molecule has 8 heteroatoms. The third-order valence-electron chi connectivity index (χ3n) is 5.36. The molecule has 0 spiro atoms. The van der Waals surface area contributed by atoms with Crippen LogP contribution in [-0.4, -0.2) is 29.7 Å². The number of hydrogen-bond donors (Lipinski definition) is 0. The highest BCUT2D eigenvalue weighted by Crippen LogP contribution is 2.39. The predicted molar refractivity (Wildman–Crippen MR) is 139 cm³/mol. The number of carbonyl (C=O) groups excluding carboxylic acids is 2. The Morgan fingerprint density at radius 2 is 1.80 bits per heavy atom. The van der Waals surface area contributed by atoms with Crippen LogP contribution in [0.5, 0.6) is 11.5 Å². The van der Waals surface area contributed by atoms with Crippen LogP contribution in [0, 0.1) is 11.3 Å². The second-order valence-corrected chi connectivity index (χ2v) is 9.55. The zero-order valence-electron chi connectivity index (χ0n) is 18.9. The van der Waals surface area contributed by atoms with Crippen LogP contribution in [-0.2, 0) is 17.8 Å². The number of halogens is 1. The molecule has 3 aromatic carbocycles. The Bertz CT molecular complexity index is 1320. The van der Waals surface area contributed by atoms with E-state index in [1.54, 1.807) is 24.3 Å². The quantitative estimate of drug-likeness (QED) is 0.312. The summed E-state index contributed by atoms with van der Waals surface area (Å²) >= 11 is 4.46. The fourth-order valence-corrected chi connectivity index (χ4v) is 4.96. The molecule has 1 aliphatic heterocycles. The average Bonchev–Trinajstić information content (AvgIpc) is 3.14. The highest BCUT2D eigenvalue weighted by molar-refractivity contribution is 9.10. The van der Waals surface area contributed by atoms with E-state index in [0.29, 0.717) is 51.6 Å². The molecule has 1 aliphatic rings. The topological polar surface area (TPSA) is 79.6 Å². The van der Waals surface area contributed by atoms with Crippen molar-refractivity contribution in [1.29, 1.82) is 5.26 Å². The Labute approximate surface area is 216 Å². The van der Waals surface area contributed by atoms with E-state index in [9.17, 15) is 9.59 Å². The molecular formula is C27H21BrN2O4S. The summed E-state index contributed by atoms with van der Waals surface area (Å²) in [5, 5.41) is 8.66. The van der Waals surface area contributed by atoms with Gasteiger partial charge in [0.25, 0.3) is 11.1 Å². The Morgan fingerprint density at radius 3 is 2.49 bits per heavy atom. The van der Waals surface area contributed by atoms with Gasteiger partial charge in [-0.2, -0.15) is 5.26 Å². The van der Waals surface area contributed by atoms with Gasteiger partial charge < -0.3 is 9.47 Å². The van der Waals surface area contributed by atoms with Crippen molar-refractivity contribution in [1.82, 2.24) is 4.90 Å². The SMILES string of the molecule is COc1cc(/C=C2/SC(=O)N(CCc3ccccc3)C2=O)cc(Br)c1OCc1ccc(C#N)cc1. The van der Waals surface area contributed by atoms with Crippen LogP contribution in [0.15, 0.2) is 76.1 Å². The van der Waals surface area contributed by atoms with Gasteiger partial charge in [0.15, 0.2) is 11.5 Å². The minimum Gasteiger partial charge on any atom is -0.493 e. The first-order chi connectivity index (χ1) is 17.0. The largest absolute Gasteiger partial charge is 0.493 e. The summed E-state index contributed by atoms with van der Waals surface area (Å²) in [5.74, 6) is 0.708. The van der Waals surface area contributed by atoms with Crippen molar-refractivity contribution < 1.29 is 19.1 Å². The summed E-state index contributed by atoms with van der Waals surface area (Å²) in [6.07, 6.45) is 2.29. The molecule has 0 saturated carbocycles. The minimum atomic E-state index is -0.299. The van der Waals surface area contributed by atoms with Crippen LogP contribution in [0.4, 0.5) is 4.79 Å². The molecule has 1 saturated heterocycles. The van der Waals surface area contributed by atoms with Gasteiger partial charge in [0.2, 0.25) is 0 Å². The van der Waals surface area contributed by atoms with E-state index in [1.165, 1.54) is 12.0 Å². The zero-order chi connectivity index (χ0) is 24.8. The van der Waals surface area contributed by atoms with E-state index in [0.717, 1.165) is 22.9 Å². The van der Waals surface area contributed by atoms with Gasteiger partial charge in [-0.3, -0.25) is 14.5 Å². The Hall–Kier alpha value is -3.54. The summed E-state index contributed by atoms with van der Waals surface area (Å²) < 4.78 is 12.1. The molecule has 176 valence electrons. The van der Waals surface area contributed by atoms with Crippen LogP contribution in [0.1, 0.15) is 22.3 Å². The maximum Gasteiger partial charge on any atom is 0.293 e. The third-order valence-corrected chi connectivity index (χ3v) is 6.85. The van der Waals surface area contributed by atoms with Crippen molar-refractivity contribution in [2.75, 3.05) is 13.7 Å². The Morgan fingerprint density at radius 1 is 1.06 bits per heavy atom. The van der Waals surface area contributed by atoms with Gasteiger partial charge in [0.1, 0.15) is 6.61 Å². The van der Waals surface area contributed by atoms with Crippen LogP contribution in [0.2, 0.25) is 0 Å². The fourth-order valence-electron chi connectivity index (χ4n) is 3.52. The number of carbonyl (C=O) groups is 2. The summed E-state index contributed by atoms with van der Waals surface area (Å²) in [6, 6.07) is 22.6. The van der Waals surface area contributed by atoms with Gasteiger partial charge in [0.05, 0.1) is 28.1 Å².